The van der Waals surface area contributed by atoms with Crippen LogP contribution in [-0.2, 0) is 11.3 Å². The van der Waals surface area contributed by atoms with E-state index in [4.69, 9.17) is 5.73 Å². The zero-order valence-corrected chi connectivity index (χ0v) is 12.7. The van der Waals surface area contributed by atoms with E-state index < -0.39 is 5.91 Å². The van der Waals surface area contributed by atoms with Gasteiger partial charge in [0.05, 0.1) is 11.8 Å². The summed E-state index contributed by atoms with van der Waals surface area (Å²) in [7, 11) is 0. The summed E-state index contributed by atoms with van der Waals surface area (Å²) in [6.45, 7) is 0.0798. The third kappa shape index (κ3) is 3.30. The standard InChI is InChI=1S/C17H15N5O2/c18-16(23)11-22-10-13(14-5-1-2-6-15(14)22)9-20-21-17(24)12-4-3-7-19-8-12/h1-10H,11H2,(H2,18,23)(H,21,24). The van der Waals surface area contributed by atoms with E-state index in [0.717, 1.165) is 16.5 Å². The van der Waals surface area contributed by atoms with Crippen LogP contribution in [0.4, 0.5) is 0 Å². The molecule has 120 valence electrons. The Hall–Kier alpha value is -3.48. The molecule has 0 atom stereocenters. The normalized spacial score (nSPS) is 11.0. The number of aromatic nitrogens is 2. The average molecular weight is 321 g/mol. The summed E-state index contributed by atoms with van der Waals surface area (Å²) in [5.41, 5.74) is 9.79. The summed E-state index contributed by atoms with van der Waals surface area (Å²) in [4.78, 5) is 27.0. The summed E-state index contributed by atoms with van der Waals surface area (Å²) >= 11 is 0. The van der Waals surface area contributed by atoms with Crippen LogP contribution < -0.4 is 11.2 Å². The Labute approximate surface area is 137 Å². The van der Waals surface area contributed by atoms with Crippen molar-refractivity contribution in [3.8, 4) is 0 Å². The number of hydrazone groups is 1. The molecular weight excluding hydrogens is 306 g/mol. The van der Waals surface area contributed by atoms with Crippen molar-refractivity contribution in [2.45, 2.75) is 6.54 Å². The first kappa shape index (κ1) is 15.4. The van der Waals surface area contributed by atoms with Crippen molar-refractivity contribution in [1.82, 2.24) is 15.0 Å². The van der Waals surface area contributed by atoms with Crippen molar-refractivity contribution in [2.24, 2.45) is 10.8 Å². The monoisotopic (exact) mass is 321 g/mol. The topological polar surface area (TPSA) is 102 Å². The maximum Gasteiger partial charge on any atom is 0.272 e. The molecule has 0 spiro atoms. The molecule has 0 aliphatic carbocycles. The van der Waals surface area contributed by atoms with Gasteiger partial charge in [-0.3, -0.25) is 14.6 Å². The maximum absolute atomic E-state index is 11.9. The van der Waals surface area contributed by atoms with Crippen LogP contribution in [0.2, 0.25) is 0 Å². The summed E-state index contributed by atoms with van der Waals surface area (Å²) < 4.78 is 1.75. The molecular formula is C17H15N5O2. The van der Waals surface area contributed by atoms with Crippen molar-refractivity contribution in [3.05, 3.63) is 66.1 Å². The Morgan fingerprint density at radius 1 is 1.25 bits per heavy atom. The van der Waals surface area contributed by atoms with Crippen LogP contribution in [-0.4, -0.2) is 27.6 Å². The van der Waals surface area contributed by atoms with Crippen molar-refractivity contribution < 1.29 is 9.59 Å². The summed E-state index contributed by atoms with van der Waals surface area (Å²) in [6, 6.07) is 10.9. The van der Waals surface area contributed by atoms with Crippen LogP contribution in [0.3, 0.4) is 0 Å². The molecule has 3 N–H and O–H groups in total. The number of nitrogens with one attached hydrogen (secondary N) is 1. The molecule has 2 heterocycles. The number of pyridine rings is 1. The Bertz CT molecular complexity index is 915. The van der Waals surface area contributed by atoms with Crippen LogP contribution in [0, 0.1) is 0 Å². The number of nitrogens with zero attached hydrogens (tertiary/aromatic N) is 3. The number of hydrogen-bond acceptors (Lipinski definition) is 4. The zero-order chi connectivity index (χ0) is 16.9. The highest BCUT2D eigenvalue weighted by Gasteiger charge is 2.08. The van der Waals surface area contributed by atoms with Gasteiger partial charge in [0.2, 0.25) is 5.91 Å². The fourth-order valence-electron chi connectivity index (χ4n) is 2.40. The van der Waals surface area contributed by atoms with E-state index in [1.165, 1.54) is 12.4 Å². The SMILES string of the molecule is NC(=O)Cn1cc(C=NNC(=O)c2cccnc2)c2ccccc21. The number of hydrogen-bond donors (Lipinski definition) is 2. The van der Waals surface area contributed by atoms with Gasteiger partial charge in [-0.15, -0.1) is 0 Å². The number of carbonyl (C=O) groups excluding carboxylic acids is 2. The third-order valence-corrected chi connectivity index (χ3v) is 3.44. The molecule has 2 amide bonds. The van der Waals surface area contributed by atoms with Gasteiger partial charge in [-0.05, 0) is 18.2 Å². The minimum Gasteiger partial charge on any atom is -0.368 e. The number of benzene rings is 1. The lowest BCUT2D eigenvalue weighted by molar-refractivity contribution is -0.118. The molecule has 1 aromatic carbocycles. The van der Waals surface area contributed by atoms with E-state index in [-0.39, 0.29) is 12.5 Å². The van der Waals surface area contributed by atoms with Crippen molar-refractivity contribution in [1.29, 1.82) is 0 Å². The van der Waals surface area contributed by atoms with Gasteiger partial charge in [0.25, 0.3) is 5.91 Å². The van der Waals surface area contributed by atoms with Gasteiger partial charge in [0, 0.05) is 35.1 Å². The van der Waals surface area contributed by atoms with Crippen LogP contribution in [0.5, 0.6) is 0 Å². The number of primary amides is 1. The lowest BCUT2D eigenvalue weighted by Gasteiger charge is -2.00. The molecule has 7 nitrogen and oxygen atoms in total. The van der Waals surface area contributed by atoms with Gasteiger partial charge in [-0.1, -0.05) is 18.2 Å². The molecule has 0 aliphatic rings. The second-order valence-electron chi connectivity index (χ2n) is 5.14. The number of fused-ring (bicyclic) bond motifs is 1. The molecule has 0 saturated carbocycles. The molecule has 3 aromatic rings. The fourth-order valence-corrected chi connectivity index (χ4v) is 2.40. The smallest absolute Gasteiger partial charge is 0.272 e. The minimum atomic E-state index is -0.427. The predicted molar refractivity (Wildman–Crippen MR) is 90.4 cm³/mol. The van der Waals surface area contributed by atoms with Gasteiger partial charge in [-0.2, -0.15) is 5.10 Å². The molecule has 0 aliphatic heterocycles. The van der Waals surface area contributed by atoms with E-state index in [1.807, 2.05) is 24.3 Å². The summed E-state index contributed by atoms with van der Waals surface area (Å²) in [5.74, 6) is -0.774. The molecule has 7 heteroatoms. The van der Waals surface area contributed by atoms with Gasteiger partial charge in [-0.25, -0.2) is 5.43 Å². The molecule has 0 saturated heterocycles. The predicted octanol–water partition coefficient (Wildman–Crippen LogP) is 1.29. The second kappa shape index (κ2) is 6.74. The number of carbonyl (C=O) groups is 2. The van der Waals surface area contributed by atoms with E-state index in [0.29, 0.717) is 5.56 Å². The Kier molecular flexibility index (Phi) is 4.33. The highest BCUT2D eigenvalue weighted by atomic mass is 16.2. The van der Waals surface area contributed by atoms with Gasteiger partial charge in [0.1, 0.15) is 6.54 Å². The quantitative estimate of drug-likeness (QED) is 0.546. The van der Waals surface area contributed by atoms with Crippen LogP contribution in [0.25, 0.3) is 10.9 Å². The maximum atomic E-state index is 11.9. The van der Waals surface area contributed by atoms with Crippen molar-refractivity contribution in [3.63, 3.8) is 0 Å². The van der Waals surface area contributed by atoms with Crippen molar-refractivity contribution >= 4 is 28.9 Å². The van der Waals surface area contributed by atoms with Gasteiger partial charge < -0.3 is 10.3 Å². The second-order valence-corrected chi connectivity index (χ2v) is 5.14. The molecule has 2 aromatic heterocycles. The van der Waals surface area contributed by atoms with Gasteiger partial charge in [0.15, 0.2) is 0 Å². The molecule has 24 heavy (non-hydrogen) atoms. The zero-order valence-electron chi connectivity index (χ0n) is 12.7. The highest BCUT2D eigenvalue weighted by Crippen LogP contribution is 2.19. The van der Waals surface area contributed by atoms with Crippen LogP contribution >= 0.6 is 0 Å². The first-order valence-corrected chi connectivity index (χ1v) is 7.25. The average Bonchev–Trinajstić information content (AvgIpc) is 2.93. The fraction of sp³-hybridized carbons (Fsp3) is 0.0588. The third-order valence-electron chi connectivity index (χ3n) is 3.44. The molecule has 0 fully saturated rings. The first-order chi connectivity index (χ1) is 11.6. The number of amides is 2. The molecule has 0 bridgehead atoms. The molecule has 0 radical (unpaired) electrons. The first-order valence-electron chi connectivity index (χ1n) is 7.25. The summed E-state index contributed by atoms with van der Waals surface area (Å²) in [6.07, 6.45) is 6.36. The number of nitrogens with two attached hydrogens (primary N) is 1. The number of rotatable bonds is 5. The van der Waals surface area contributed by atoms with E-state index >= 15 is 0 Å². The molecule has 3 rings (SSSR count). The van der Waals surface area contributed by atoms with Crippen molar-refractivity contribution in [2.75, 3.05) is 0 Å². The van der Waals surface area contributed by atoms with Crippen LogP contribution in [0.1, 0.15) is 15.9 Å². The Morgan fingerprint density at radius 3 is 2.83 bits per heavy atom. The molecule has 0 unspecified atom stereocenters. The minimum absolute atomic E-state index is 0.0798. The van der Waals surface area contributed by atoms with E-state index in [9.17, 15) is 9.59 Å². The van der Waals surface area contributed by atoms with Crippen LogP contribution in [0.15, 0.2) is 60.1 Å². The lowest BCUT2D eigenvalue weighted by Crippen LogP contribution is -2.18. The Balaban J connectivity index is 1.82. The van der Waals surface area contributed by atoms with E-state index in [2.05, 4.69) is 15.5 Å². The largest absolute Gasteiger partial charge is 0.368 e. The number of para-hydroxylation sites is 1. The highest BCUT2D eigenvalue weighted by molar-refractivity contribution is 6.01. The lowest BCUT2D eigenvalue weighted by atomic mass is 10.2. The van der Waals surface area contributed by atoms with E-state index in [1.54, 1.807) is 29.1 Å². The van der Waals surface area contributed by atoms with Gasteiger partial charge >= 0.3 is 0 Å². The Morgan fingerprint density at radius 2 is 2.08 bits per heavy atom. The summed E-state index contributed by atoms with van der Waals surface area (Å²) in [5, 5.41) is 4.89.